The summed E-state index contributed by atoms with van der Waals surface area (Å²) in [5.41, 5.74) is 1.32. The SMILES string of the molecule is CNC(C)c1ccnc(N2CCC3C(CCCN3C)C2)c1. The van der Waals surface area contributed by atoms with Gasteiger partial charge in [-0.2, -0.15) is 0 Å². The molecule has 2 saturated heterocycles. The summed E-state index contributed by atoms with van der Waals surface area (Å²) in [6.07, 6.45) is 5.94. The minimum Gasteiger partial charge on any atom is -0.356 e. The van der Waals surface area contributed by atoms with Crippen LogP contribution in [0.25, 0.3) is 0 Å². The van der Waals surface area contributed by atoms with E-state index < -0.39 is 0 Å². The van der Waals surface area contributed by atoms with E-state index in [0.717, 1.165) is 24.3 Å². The molecular weight excluding hydrogens is 260 g/mol. The first kappa shape index (κ1) is 14.8. The highest BCUT2D eigenvalue weighted by Crippen LogP contribution is 2.31. The predicted molar refractivity (Wildman–Crippen MR) is 87.7 cm³/mol. The fourth-order valence-corrected chi connectivity index (χ4v) is 3.90. The van der Waals surface area contributed by atoms with Crippen LogP contribution in [-0.4, -0.2) is 49.7 Å². The molecule has 4 heteroatoms. The Morgan fingerprint density at radius 1 is 1.33 bits per heavy atom. The van der Waals surface area contributed by atoms with Crippen molar-refractivity contribution < 1.29 is 0 Å². The van der Waals surface area contributed by atoms with Gasteiger partial charge >= 0.3 is 0 Å². The Morgan fingerprint density at radius 2 is 2.19 bits per heavy atom. The van der Waals surface area contributed by atoms with E-state index in [0.29, 0.717) is 6.04 Å². The number of pyridine rings is 1. The molecule has 1 N–H and O–H groups in total. The number of rotatable bonds is 3. The quantitative estimate of drug-likeness (QED) is 0.924. The van der Waals surface area contributed by atoms with E-state index in [-0.39, 0.29) is 0 Å². The number of likely N-dealkylation sites (tertiary alicyclic amines) is 1. The number of nitrogens with zero attached hydrogens (tertiary/aromatic N) is 3. The average Bonchev–Trinajstić information content (AvgIpc) is 2.54. The van der Waals surface area contributed by atoms with E-state index in [4.69, 9.17) is 0 Å². The Bertz CT molecular complexity index is 476. The van der Waals surface area contributed by atoms with Gasteiger partial charge in [-0.1, -0.05) is 0 Å². The van der Waals surface area contributed by atoms with Crippen molar-refractivity contribution in [2.45, 2.75) is 38.3 Å². The van der Waals surface area contributed by atoms with Crippen molar-refractivity contribution in [3.63, 3.8) is 0 Å². The first-order chi connectivity index (χ1) is 10.2. The van der Waals surface area contributed by atoms with Crippen LogP contribution >= 0.6 is 0 Å². The summed E-state index contributed by atoms with van der Waals surface area (Å²) in [5, 5.41) is 3.31. The van der Waals surface area contributed by atoms with E-state index >= 15 is 0 Å². The van der Waals surface area contributed by atoms with Gasteiger partial charge in [-0.3, -0.25) is 0 Å². The number of anilines is 1. The number of nitrogens with one attached hydrogen (secondary N) is 1. The smallest absolute Gasteiger partial charge is 0.128 e. The highest BCUT2D eigenvalue weighted by atomic mass is 15.2. The van der Waals surface area contributed by atoms with Crippen LogP contribution < -0.4 is 10.2 Å². The molecule has 2 fully saturated rings. The van der Waals surface area contributed by atoms with E-state index in [9.17, 15) is 0 Å². The molecule has 0 amide bonds. The van der Waals surface area contributed by atoms with Crippen LogP contribution in [0.3, 0.4) is 0 Å². The van der Waals surface area contributed by atoms with Gasteiger partial charge in [-0.25, -0.2) is 4.98 Å². The molecule has 1 aromatic heterocycles. The molecule has 21 heavy (non-hydrogen) atoms. The Kier molecular flexibility index (Phi) is 4.45. The molecule has 0 bridgehead atoms. The molecule has 0 aromatic carbocycles. The Morgan fingerprint density at radius 3 is 3.00 bits per heavy atom. The Balaban J connectivity index is 1.73. The molecule has 3 unspecified atom stereocenters. The predicted octanol–water partition coefficient (Wildman–Crippen LogP) is 2.28. The highest BCUT2D eigenvalue weighted by molar-refractivity contribution is 5.42. The van der Waals surface area contributed by atoms with Crippen LogP contribution in [0.5, 0.6) is 0 Å². The van der Waals surface area contributed by atoms with E-state index in [1.165, 1.54) is 37.9 Å². The molecule has 0 radical (unpaired) electrons. The van der Waals surface area contributed by atoms with Crippen LogP contribution in [0, 0.1) is 5.92 Å². The maximum atomic E-state index is 4.62. The summed E-state index contributed by atoms with van der Waals surface area (Å²) in [4.78, 5) is 9.68. The van der Waals surface area contributed by atoms with Gasteiger partial charge in [0.05, 0.1) is 0 Å². The third-order valence-electron chi connectivity index (χ3n) is 5.37. The zero-order chi connectivity index (χ0) is 14.8. The number of hydrogen-bond donors (Lipinski definition) is 1. The summed E-state index contributed by atoms with van der Waals surface area (Å²) in [6.45, 7) is 5.77. The van der Waals surface area contributed by atoms with Gasteiger partial charge in [-0.05, 0) is 70.4 Å². The molecule has 3 rings (SSSR count). The molecule has 1 aromatic rings. The van der Waals surface area contributed by atoms with Crippen molar-refractivity contribution in [1.29, 1.82) is 0 Å². The monoisotopic (exact) mass is 288 g/mol. The highest BCUT2D eigenvalue weighted by Gasteiger charge is 2.34. The number of fused-ring (bicyclic) bond motifs is 1. The van der Waals surface area contributed by atoms with Gasteiger partial charge in [0.1, 0.15) is 5.82 Å². The lowest BCUT2D eigenvalue weighted by molar-refractivity contribution is 0.102. The van der Waals surface area contributed by atoms with Gasteiger partial charge in [0.25, 0.3) is 0 Å². The third-order valence-corrected chi connectivity index (χ3v) is 5.37. The topological polar surface area (TPSA) is 31.4 Å². The molecular formula is C17H28N4. The average molecular weight is 288 g/mol. The Labute approximate surface area is 128 Å². The maximum Gasteiger partial charge on any atom is 0.128 e. The maximum absolute atomic E-state index is 4.62. The normalized spacial score (nSPS) is 28.2. The first-order valence-corrected chi connectivity index (χ1v) is 8.27. The van der Waals surface area contributed by atoms with Gasteiger partial charge in [0.2, 0.25) is 0 Å². The van der Waals surface area contributed by atoms with E-state index in [1.807, 2.05) is 13.2 Å². The van der Waals surface area contributed by atoms with Crippen LogP contribution in [-0.2, 0) is 0 Å². The van der Waals surface area contributed by atoms with Crippen molar-refractivity contribution in [1.82, 2.24) is 15.2 Å². The molecule has 116 valence electrons. The van der Waals surface area contributed by atoms with Crippen molar-refractivity contribution >= 4 is 5.82 Å². The molecule has 0 aliphatic carbocycles. The van der Waals surface area contributed by atoms with Crippen molar-refractivity contribution in [3.05, 3.63) is 23.9 Å². The lowest BCUT2D eigenvalue weighted by Crippen LogP contribution is -2.52. The van der Waals surface area contributed by atoms with E-state index in [1.54, 1.807) is 0 Å². The fourth-order valence-electron chi connectivity index (χ4n) is 3.90. The molecule has 0 saturated carbocycles. The lowest BCUT2D eigenvalue weighted by Gasteiger charge is -2.46. The van der Waals surface area contributed by atoms with Gasteiger partial charge in [0.15, 0.2) is 0 Å². The molecule has 2 aliphatic rings. The summed E-state index contributed by atoms with van der Waals surface area (Å²) in [5.74, 6) is 1.96. The first-order valence-electron chi connectivity index (χ1n) is 8.27. The number of aromatic nitrogens is 1. The summed E-state index contributed by atoms with van der Waals surface area (Å²) >= 11 is 0. The fraction of sp³-hybridized carbons (Fsp3) is 0.706. The zero-order valence-electron chi connectivity index (χ0n) is 13.5. The minimum absolute atomic E-state index is 0.380. The van der Waals surface area contributed by atoms with Gasteiger partial charge in [-0.15, -0.1) is 0 Å². The van der Waals surface area contributed by atoms with Crippen LogP contribution in [0.15, 0.2) is 18.3 Å². The summed E-state index contributed by atoms with van der Waals surface area (Å²) in [7, 11) is 4.30. The van der Waals surface area contributed by atoms with E-state index in [2.05, 4.69) is 46.2 Å². The second kappa shape index (κ2) is 6.32. The molecule has 3 atom stereocenters. The van der Waals surface area contributed by atoms with Crippen LogP contribution in [0.2, 0.25) is 0 Å². The second-order valence-electron chi connectivity index (χ2n) is 6.64. The summed E-state index contributed by atoms with van der Waals surface area (Å²) < 4.78 is 0. The summed E-state index contributed by atoms with van der Waals surface area (Å²) in [6, 6.07) is 5.54. The van der Waals surface area contributed by atoms with Crippen molar-refractivity contribution in [2.24, 2.45) is 5.92 Å². The number of hydrogen-bond acceptors (Lipinski definition) is 4. The standard InChI is InChI=1S/C17H28N4/c1-13(18-2)14-6-8-19-17(11-14)21-10-7-16-15(12-21)5-4-9-20(16)3/h6,8,11,13,15-16,18H,4-5,7,9-10,12H2,1-3H3. The largest absolute Gasteiger partial charge is 0.356 e. The van der Waals surface area contributed by atoms with Crippen molar-refractivity contribution in [3.8, 4) is 0 Å². The van der Waals surface area contributed by atoms with Gasteiger partial charge in [0, 0.05) is 31.4 Å². The zero-order valence-corrected chi connectivity index (χ0v) is 13.5. The van der Waals surface area contributed by atoms with Crippen LogP contribution in [0.4, 0.5) is 5.82 Å². The molecule has 2 aliphatic heterocycles. The number of piperidine rings is 2. The minimum atomic E-state index is 0.380. The molecule has 0 spiro atoms. The van der Waals surface area contributed by atoms with Crippen molar-refractivity contribution in [2.75, 3.05) is 38.6 Å². The Hall–Kier alpha value is -1.13. The molecule has 4 nitrogen and oxygen atoms in total. The lowest BCUT2D eigenvalue weighted by atomic mass is 9.84. The van der Waals surface area contributed by atoms with Crippen LogP contribution in [0.1, 0.15) is 37.8 Å². The second-order valence-corrected chi connectivity index (χ2v) is 6.64. The molecule has 3 heterocycles. The van der Waals surface area contributed by atoms with Gasteiger partial charge < -0.3 is 15.1 Å². The third kappa shape index (κ3) is 3.06.